The van der Waals surface area contributed by atoms with Gasteiger partial charge in [0.15, 0.2) is 0 Å². The molecule has 8 aromatic carbocycles. The zero-order valence-corrected chi connectivity index (χ0v) is 29.8. The van der Waals surface area contributed by atoms with E-state index in [-0.39, 0.29) is 0 Å². The fraction of sp³-hybridized carbons (Fsp3) is 0. The van der Waals surface area contributed by atoms with Crippen LogP contribution in [0.3, 0.4) is 0 Å². The minimum Gasteiger partial charge on any atom is -0.309 e. The van der Waals surface area contributed by atoms with Gasteiger partial charge in [0.25, 0.3) is 0 Å². The average Bonchev–Trinajstić information content (AvgIpc) is 3.79. The summed E-state index contributed by atoms with van der Waals surface area (Å²) in [6.07, 6.45) is 0. The third kappa shape index (κ3) is 5.15. The summed E-state index contributed by atoms with van der Waals surface area (Å²) in [7, 11) is 0. The van der Waals surface area contributed by atoms with Crippen LogP contribution >= 0.6 is 22.7 Å². The summed E-state index contributed by atoms with van der Waals surface area (Å²) in [4.78, 5) is 4.85. The molecule has 0 atom stereocenters. The number of benzene rings is 8. The smallest absolute Gasteiger partial charge is 0.0640 e. The first-order valence-electron chi connectivity index (χ1n) is 17.5. The van der Waals surface area contributed by atoms with Gasteiger partial charge in [0.2, 0.25) is 0 Å². The van der Waals surface area contributed by atoms with E-state index in [9.17, 15) is 0 Å². The van der Waals surface area contributed by atoms with Gasteiger partial charge in [0.05, 0.1) is 26.5 Å². The highest BCUT2D eigenvalue weighted by Gasteiger charge is 2.22. The van der Waals surface area contributed by atoms with Crippen LogP contribution in [-0.2, 0) is 0 Å². The van der Waals surface area contributed by atoms with Gasteiger partial charge in [0.1, 0.15) is 0 Å². The highest BCUT2D eigenvalue weighted by molar-refractivity contribution is 7.26. The summed E-state index contributed by atoms with van der Waals surface area (Å²) in [6.45, 7) is 0. The molecule has 0 aliphatic heterocycles. The molecule has 0 unspecified atom stereocenters. The molecule has 246 valence electrons. The Labute approximate surface area is 310 Å². The molecule has 0 N–H and O–H groups in total. The Bertz CT molecular complexity index is 2870. The summed E-state index contributed by atoms with van der Waals surface area (Å²) in [5.41, 5.74) is 9.17. The summed E-state index contributed by atoms with van der Waals surface area (Å²) in [6, 6.07) is 70.3. The molecule has 2 heterocycles. The molecule has 0 aliphatic rings. The number of hydrogen-bond acceptors (Lipinski definition) is 4. The Kier molecular flexibility index (Phi) is 7.56. The highest BCUT2D eigenvalue weighted by atomic mass is 32.1. The van der Waals surface area contributed by atoms with Gasteiger partial charge in [-0.15, -0.1) is 22.7 Å². The van der Waals surface area contributed by atoms with E-state index >= 15 is 0 Å². The van der Waals surface area contributed by atoms with Gasteiger partial charge >= 0.3 is 0 Å². The lowest BCUT2D eigenvalue weighted by atomic mass is 10.00. The van der Waals surface area contributed by atoms with E-state index in [1.807, 2.05) is 22.7 Å². The highest BCUT2D eigenvalue weighted by Crippen LogP contribution is 2.49. The number of para-hydroxylation sites is 3. The summed E-state index contributed by atoms with van der Waals surface area (Å²) >= 11 is 3.73. The van der Waals surface area contributed by atoms with Crippen molar-refractivity contribution in [1.29, 1.82) is 0 Å². The largest absolute Gasteiger partial charge is 0.309 e. The Balaban J connectivity index is 1.17. The van der Waals surface area contributed by atoms with E-state index in [0.29, 0.717) is 0 Å². The quantitative estimate of drug-likeness (QED) is 0.163. The molecule has 0 amide bonds. The molecule has 2 aromatic heterocycles. The van der Waals surface area contributed by atoms with Crippen molar-refractivity contribution < 1.29 is 0 Å². The summed E-state index contributed by atoms with van der Waals surface area (Å²) in [5, 5.41) is 5.17. The maximum absolute atomic E-state index is 2.44. The Hall–Kier alpha value is -6.20. The molecule has 0 bridgehead atoms. The van der Waals surface area contributed by atoms with Gasteiger partial charge in [-0.1, -0.05) is 127 Å². The zero-order chi connectivity index (χ0) is 34.4. The topological polar surface area (TPSA) is 6.48 Å². The average molecular weight is 701 g/mol. The van der Waals surface area contributed by atoms with Gasteiger partial charge in [-0.25, -0.2) is 0 Å². The third-order valence-electron chi connectivity index (χ3n) is 9.84. The predicted octanol–water partition coefficient (Wildman–Crippen LogP) is 15.0. The maximum Gasteiger partial charge on any atom is 0.0640 e. The maximum atomic E-state index is 2.44. The van der Waals surface area contributed by atoms with Crippen LogP contribution in [0.5, 0.6) is 0 Å². The number of nitrogens with zero attached hydrogens (tertiary/aromatic N) is 2. The SMILES string of the molecule is c1ccc(N(c2cccc(-c3ccccc3N(c3ccccc3)c3cccc4c3sc3ccccc34)c2)c2cccc3c2sc2ccccc23)cc1. The molecule has 4 heteroatoms. The Morgan fingerprint density at radius 3 is 1.38 bits per heavy atom. The molecular formula is C48H32N2S2. The zero-order valence-electron chi connectivity index (χ0n) is 28.2. The van der Waals surface area contributed by atoms with Gasteiger partial charge in [-0.3, -0.25) is 0 Å². The molecule has 0 saturated carbocycles. The predicted molar refractivity (Wildman–Crippen MR) is 227 cm³/mol. The number of rotatable bonds is 7. The fourth-order valence-electron chi connectivity index (χ4n) is 7.53. The standard InChI is InChI=1S/C48H32N2S2/c1-3-17-34(18-4-1)49(43-28-14-25-40-38-23-8-11-30-45(38)51-47(40)43)36-21-13-16-33(32-36)37-22-7-10-27-42(37)50(35-19-5-2-6-20-35)44-29-15-26-41-39-24-9-12-31-46(39)52-48(41)44/h1-32H. The molecule has 10 rings (SSSR count). The minimum atomic E-state index is 1.11. The second-order valence-corrected chi connectivity index (χ2v) is 15.0. The van der Waals surface area contributed by atoms with Crippen LogP contribution in [0.4, 0.5) is 34.1 Å². The van der Waals surface area contributed by atoms with E-state index in [1.54, 1.807) is 0 Å². The van der Waals surface area contributed by atoms with Crippen molar-refractivity contribution in [2.45, 2.75) is 0 Å². The van der Waals surface area contributed by atoms with Crippen molar-refractivity contribution in [3.05, 3.63) is 194 Å². The summed E-state index contributed by atoms with van der Waals surface area (Å²) < 4.78 is 5.16. The lowest BCUT2D eigenvalue weighted by molar-refractivity contribution is 1.29. The van der Waals surface area contributed by atoms with Gasteiger partial charge in [-0.2, -0.15) is 0 Å². The molecule has 0 spiro atoms. The summed E-state index contributed by atoms with van der Waals surface area (Å²) in [5.74, 6) is 0. The second kappa shape index (κ2) is 12.8. The van der Waals surface area contributed by atoms with Crippen LogP contribution in [0.1, 0.15) is 0 Å². The van der Waals surface area contributed by atoms with E-state index in [1.165, 1.54) is 57.3 Å². The molecule has 2 nitrogen and oxygen atoms in total. The second-order valence-electron chi connectivity index (χ2n) is 12.9. The van der Waals surface area contributed by atoms with Crippen LogP contribution < -0.4 is 9.80 Å². The van der Waals surface area contributed by atoms with E-state index in [4.69, 9.17) is 0 Å². The van der Waals surface area contributed by atoms with Crippen molar-refractivity contribution >= 4 is 97.1 Å². The Morgan fingerprint density at radius 2 is 0.750 bits per heavy atom. The number of fused-ring (bicyclic) bond motifs is 6. The molecule has 0 saturated heterocycles. The van der Waals surface area contributed by atoms with E-state index in [2.05, 4.69) is 204 Å². The first-order valence-corrected chi connectivity index (χ1v) is 19.2. The number of hydrogen-bond donors (Lipinski definition) is 0. The first-order chi connectivity index (χ1) is 25.8. The fourth-order valence-corrected chi connectivity index (χ4v) is 9.94. The van der Waals surface area contributed by atoms with Crippen LogP contribution in [0.25, 0.3) is 51.5 Å². The van der Waals surface area contributed by atoms with Crippen molar-refractivity contribution in [1.82, 2.24) is 0 Å². The molecule has 10 aromatic rings. The van der Waals surface area contributed by atoms with Crippen molar-refractivity contribution in [3.8, 4) is 11.1 Å². The Morgan fingerprint density at radius 1 is 0.308 bits per heavy atom. The van der Waals surface area contributed by atoms with Crippen molar-refractivity contribution in [2.75, 3.05) is 9.80 Å². The van der Waals surface area contributed by atoms with Gasteiger partial charge < -0.3 is 9.80 Å². The number of anilines is 6. The van der Waals surface area contributed by atoms with Crippen LogP contribution in [-0.4, -0.2) is 0 Å². The van der Waals surface area contributed by atoms with Crippen LogP contribution in [0, 0.1) is 0 Å². The van der Waals surface area contributed by atoms with Crippen LogP contribution in [0.15, 0.2) is 194 Å². The molecule has 0 radical (unpaired) electrons. The number of thiophene rings is 2. The van der Waals surface area contributed by atoms with Crippen molar-refractivity contribution in [2.24, 2.45) is 0 Å². The van der Waals surface area contributed by atoms with Crippen LogP contribution in [0.2, 0.25) is 0 Å². The van der Waals surface area contributed by atoms with Gasteiger partial charge in [-0.05, 0) is 72.3 Å². The molecule has 52 heavy (non-hydrogen) atoms. The molecule has 0 aliphatic carbocycles. The minimum absolute atomic E-state index is 1.11. The van der Waals surface area contributed by atoms with E-state index < -0.39 is 0 Å². The lowest BCUT2D eigenvalue weighted by Gasteiger charge is -2.29. The first kappa shape index (κ1) is 30.6. The lowest BCUT2D eigenvalue weighted by Crippen LogP contribution is -2.12. The molecular weight excluding hydrogens is 669 g/mol. The monoisotopic (exact) mass is 700 g/mol. The third-order valence-corrected chi connectivity index (χ3v) is 12.3. The van der Waals surface area contributed by atoms with Gasteiger partial charge in [0, 0.05) is 53.6 Å². The van der Waals surface area contributed by atoms with Crippen molar-refractivity contribution in [3.63, 3.8) is 0 Å². The molecule has 0 fully saturated rings. The normalized spacial score (nSPS) is 11.5. The van der Waals surface area contributed by atoms with E-state index in [0.717, 1.165) is 28.3 Å².